The normalized spacial score (nSPS) is 10.3. The third kappa shape index (κ3) is 5.12. The van der Waals surface area contributed by atoms with Gasteiger partial charge >= 0.3 is 0 Å². The van der Waals surface area contributed by atoms with Crippen molar-refractivity contribution >= 4 is 30.8 Å². The van der Waals surface area contributed by atoms with E-state index in [1.165, 1.54) is 4.90 Å². The average Bonchev–Trinajstić information content (AvgIpc) is 2.58. The lowest BCUT2D eigenvalue weighted by Crippen LogP contribution is -2.33. The molecule has 1 aromatic carbocycles. The Labute approximate surface area is 144 Å². The van der Waals surface area contributed by atoms with E-state index in [0.717, 1.165) is 12.1 Å². The van der Waals surface area contributed by atoms with Gasteiger partial charge in [-0.3, -0.25) is 25.0 Å². The number of aliphatic hydroxyl groups is 2. The van der Waals surface area contributed by atoms with E-state index in [-0.39, 0.29) is 50.4 Å². The third-order valence-corrected chi connectivity index (χ3v) is 3.21. The molecule has 12 heteroatoms. The van der Waals surface area contributed by atoms with Crippen molar-refractivity contribution in [2.24, 2.45) is 0 Å². The number of benzene rings is 1. The number of carbonyl (C=O) groups excluding carboxylic acids is 1. The van der Waals surface area contributed by atoms with Gasteiger partial charge in [0.2, 0.25) is 0 Å². The first-order chi connectivity index (χ1) is 11.9. The Balaban J connectivity index is 3.63. The van der Waals surface area contributed by atoms with Crippen molar-refractivity contribution in [1.82, 2.24) is 5.32 Å². The SMILES string of the molecule is [B]CCN(CCO)c1c(C(=O)NCCO)cc([N+](=O)[O-])cc1[N+](=O)[O-]. The largest absolute Gasteiger partial charge is 0.395 e. The highest BCUT2D eigenvalue weighted by Crippen LogP contribution is 2.36. The molecule has 1 amide bonds. The standard InChI is InChI=1S/C13H17BN4O7/c14-1-3-16(4-6-20)12-10(13(21)15-2-5-19)7-9(17(22)23)8-11(12)18(24)25/h7-8,19-20H,1-6H2,(H,15,21). The molecule has 0 aliphatic carbocycles. The van der Waals surface area contributed by atoms with Gasteiger partial charge in [-0.2, -0.15) is 0 Å². The van der Waals surface area contributed by atoms with Crippen LogP contribution in [0.15, 0.2) is 12.1 Å². The van der Waals surface area contributed by atoms with Crippen molar-refractivity contribution in [3.05, 3.63) is 37.9 Å². The molecule has 2 radical (unpaired) electrons. The zero-order chi connectivity index (χ0) is 19.0. The predicted octanol–water partition coefficient (Wildman–Crippen LogP) is -0.389. The maximum atomic E-state index is 12.3. The number of hydrogen-bond donors (Lipinski definition) is 3. The van der Waals surface area contributed by atoms with E-state index >= 15 is 0 Å². The van der Waals surface area contributed by atoms with Crippen molar-refractivity contribution in [2.75, 3.05) is 37.7 Å². The van der Waals surface area contributed by atoms with Crippen molar-refractivity contribution < 1.29 is 24.9 Å². The number of non-ortho nitro benzene ring substituents is 1. The zero-order valence-electron chi connectivity index (χ0n) is 13.3. The van der Waals surface area contributed by atoms with Gasteiger partial charge in [-0.05, 0) is 0 Å². The summed E-state index contributed by atoms with van der Waals surface area (Å²) >= 11 is 0. The smallest absolute Gasteiger partial charge is 0.300 e. The van der Waals surface area contributed by atoms with Crippen LogP contribution >= 0.6 is 0 Å². The molecule has 25 heavy (non-hydrogen) atoms. The molecule has 0 spiro atoms. The maximum Gasteiger partial charge on any atom is 0.300 e. The summed E-state index contributed by atoms with van der Waals surface area (Å²) in [6, 6.07) is 1.66. The van der Waals surface area contributed by atoms with Gasteiger partial charge in [-0.25, -0.2) is 0 Å². The van der Waals surface area contributed by atoms with Gasteiger partial charge in [0.15, 0.2) is 0 Å². The Kier molecular flexibility index (Phi) is 7.76. The van der Waals surface area contributed by atoms with Gasteiger partial charge in [0.25, 0.3) is 17.3 Å². The number of carbonyl (C=O) groups is 1. The molecule has 0 bridgehead atoms. The van der Waals surface area contributed by atoms with Crippen LogP contribution in [0.25, 0.3) is 0 Å². The number of nitrogens with one attached hydrogen (secondary N) is 1. The molecule has 11 nitrogen and oxygen atoms in total. The minimum absolute atomic E-state index is 0.0594. The Bertz CT molecular complexity index is 650. The van der Waals surface area contributed by atoms with Crippen molar-refractivity contribution in [3.63, 3.8) is 0 Å². The fraction of sp³-hybridized carbons (Fsp3) is 0.462. The summed E-state index contributed by atoms with van der Waals surface area (Å²) in [5.74, 6) is -0.823. The second-order valence-electron chi connectivity index (χ2n) is 4.85. The molecule has 134 valence electrons. The highest BCUT2D eigenvalue weighted by molar-refractivity contribution is 6.09. The predicted molar refractivity (Wildman–Crippen MR) is 89.0 cm³/mol. The third-order valence-electron chi connectivity index (χ3n) is 3.21. The lowest BCUT2D eigenvalue weighted by Gasteiger charge is -2.25. The number of nitro groups is 2. The minimum atomic E-state index is -0.848. The van der Waals surface area contributed by atoms with Crippen molar-refractivity contribution in [3.8, 4) is 0 Å². The van der Waals surface area contributed by atoms with Crippen molar-refractivity contribution in [2.45, 2.75) is 6.32 Å². The summed E-state index contributed by atoms with van der Waals surface area (Å²) in [5, 5.41) is 42.7. The van der Waals surface area contributed by atoms with E-state index < -0.39 is 27.1 Å². The molecule has 0 saturated carbocycles. The molecule has 1 aromatic rings. The van der Waals surface area contributed by atoms with Crippen LogP contribution in [-0.4, -0.2) is 66.7 Å². The van der Waals surface area contributed by atoms with E-state index in [9.17, 15) is 30.1 Å². The number of rotatable bonds is 10. The Morgan fingerprint density at radius 2 is 1.84 bits per heavy atom. The number of nitro benzene ring substituents is 2. The van der Waals surface area contributed by atoms with Crippen LogP contribution in [0.1, 0.15) is 10.4 Å². The van der Waals surface area contributed by atoms with Crippen LogP contribution in [0.5, 0.6) is 0 Å². The van der Waals surface area contributed by atoms with Crippen LogP contribution < -0.4 is 10.2 Å². The zero-order valence-corrected chi connectivity index (χ0v) is 13.3. The van der Waals surface area contributed by atoms with E-state index in [1.807, 2.05) is 0 Å². The van der Waals surface area contributed by atoms with Gasteiger partial charge < -0.3 is 20.4 Å². The fourth-order valence-corrected chi connectivity index (χ4v) is 2.23. The lowest BCUT2D eigenvalue weighted by molar-refractivity contribution is -0.393. The Hall–Kier alpha value is -2.73. The first-order valence-electron chi connectivity index (χ1n) is 7.29. The molecule has 3 N–H and O–H groups in total. The second-order valence-corrected chi connectivity index (χ2v) is 4.85. The van der Waals surface area contributed by atoms with Gasteiger partial charge in [0, 0.05) is 25.7 Å². The lowest BCUT2D eigenvalue weighted by atomic mass is 10.0. The Morgan fingerprint density at radius 1 is 1.16 bits per heavy atom. The van der Waals surface area contributed by atoms with Gasteiger partial charge in [0.05, 0.1) is 42.5 Å². The number of amides is 1. The van der Waals surface area contributed by atoms with Crippen LogP contribution in [0, 0.1) is 20.2 Å². The molecular formula is C13H17BN4O7. The molecule has 0 saturated heterocycles. The second kappa shape index (κ2) is 9.54. The van der Waals surface area contributed by atoms with Gasteiger partial charge in [-0.1, -0.05) is 6.32 Å². The molecule has 0 aromatic heterocycles. The van der Waals surface area contributed by atoms with E-state index in [0.29, 0.717) is 0 Å². The van der Waals surface area contributed by atoms with E-state index in [2.05, 4.69) is 5.32 Å². The summed E-state index contributed by atoms with van der Waals surface area (Å²) < 4.78 is 0. The van der Waals surface area contributed by atoms with Crippen LogP contribution in [0.4, 0.5) is 17.1 Å². The summed E-state index contributed by atoms with van der Waals surface area (Å²) in [7, 11) is 5.47. The first kappa shape index (κ1) is 20.3. The maximum absolute atomic E-state index is 12.3. The number of hydrogen-bond acceptors (Lipinski definition) is 8. The van der Waals surface area contributed by atoms with Gasteiger partial charge in [0.1, 0.15) is 5.69 Å². The summed E-state index contributed by atoms with van der Waals surface area (Å²) in [6.45, 7) is -0.853. The molecule has 0 aliphatic heterocycles. The van der Waals surface area contributed by atoms with E-state index in [4.69, 9.17) is 13.0 Å². The van der Waals surface area contributed by atoms with E-state index in [1.54, 1.807) is 0 Å². The Morgan fingerprint density at radius 3 is 2.32 bits per heavy atom. The van der Waals surface area contributed by atoms with Crippen LogP contribution in [0.3, 0.4) is 0 Å². The molecule has 0 unspecified atom stereocenters. The number of nitrogens with zero attached hydrogens (tertiary/aromatic N) is 3. The summed E-state index contributed by atoms with van der Waals surface area (Å²) in [5.41, 5.74) is -1.76. The molecule has 0 atom stereocenters. The van der Waals surface area contributed by atoms with Crippen LogP contribution in [-0.2, 0) is 0 Å². The quantitative estimate of drug-likeness (QED) is 0.292. The molecule has 0 fully saturated rings. The first-order valence-corrected chi connectivity index (χ1v) is 7.29. The summed E-state index contributed by atoms with van der Waals surface area (Å²) in [6.07, 6.45) is 0.0752. The minimum Gasteiger partial charge on any atom is -0.395 e. The molecular weight excluding hydrogens is 335 g/mol. The molecule has 0 heterocycles. The number of aliphatic hydroxyl groups excluding tert-OH is 2. The monoisotopic (exact) mass is 352 g/mol. The van der Waals surface area contributed by atoms with Crippen LogP contribution in [0.2, 0.25) is 6.32 Å². The summed E-state index contributed by atoms with van der Waals surface area (Å²) in [4.78, 5) is 34.3. The van der Waals surface area contributed by atoms with Gasteiger partial charge in [-0.15, -0.1) is 0 Å². The average molecular weight is 352 g/mol. The number of anilines is 1. The fourth-order valence-electron chi connectivity index (χ4n) is 2.23. The molecule has 1 rings (SSSR count). The topological polar surface area (TPSA) is 159 Å². The molecule has 0 aliphatic rings. The highest BCUT2D eigenvalue weighted by atomic mass is 16.6. The van der Waals surface area contributed by atoms with Crippen molar-refractivity contribution in [1.29, 1.82) is 0 Å². The highest BCUT2D eigenvalue weighted by Gasteiger charge is 2.30.